The summed E-state index contributed by atoms with van der Waals surface area (Å²) < 4.78 is 0. The number of nitrogens with one attached hydrogen (secondary N) is 2. The predicted octanol–water partition coefficient (Wildman–Crippen LogP) is 3.90. The number of thiophene rings is 1. The van der Waals surface area contributed by atoms with Crippen molar-refractivity contribution in [2.24, 2.45) is 10.9 Å². The summed E-state index contributed by atoms with van der Waals surface area (Å²) in [4.78, 5) is 20.3. The number of likely N-dealkylation sites (tertiary alicyclic amines) is 1. The molecule has 1 amide bonds. The van der Waals surface area contributed by atoms with Gasteiger partial charge in [0, 0.05) is 24.5 Å². The van der Waals surface area contributed by atoms with Crippen LogP contribution < -0.4 is 10.6 Å². The summed E-state index contributed by atoms with van der Waals surface area (Å²) in [7, 11) is 0. The molecule has 1 saturated heterocycles. The second-order valence-corrected chi connectivity index (χ2v) is 8.17. The highest BCUT2D eigenvalue weighted by Gasteiger charge is 2.22. The molecule has 0 spiro atoms. The smallest absolute Gasteiger partial charge is 0.244 e. The monoisotopic (exact) mass is 526 g/mol. The molecule has 1 aliphatic rings. The lowest BCUT2D eigenvalue weighted by Gasteiger charge is -2.31. The van der Waals surface area contributed by atoms with Crippen LogP contribution >= 0.6 is 35.3 Å². The van der Waals surface area contributed by atoms with E-state index >= 15 is 0 Å². The van der Waals surface area contributed by atoms with Gasteiger partial charge in [0.25, 0.3) is 0 Å². The lowest BCUT2D eigenvalue weighted by Crippen LogP contribution is -2.41. The number of amides is 1. The zero-order valence-electron chi connectivity index (χ0n) is 17.0. The average molecular weight is 526 g/mol. The largest absolute Gasteiger partial charge is 0.357 e. The maximum Gasteiger partial charge on any atom is 0.244 e. The Kier molecular flexibility index (Phi) is 10.5. The standard InChI is InChI=1S/C22H30N4OS.HI/c1-2-23-22(24-16-20-9-6-14-28-20)25-17-21(27)26-12-10-19(11-13-26)15-18-7-4-3-5-8-18;/h3-9,14,19H,2,10-13,15-17H2,1H3,(H2,23,24,25);1H. The molecule has 5 nitrogen and oxygen atoms in total. The zero-order chi connectivity index (χ0) is 19.6. The second-order valence-electron chi connectivity index (χ2n) is 7.14. The number of carbonyl (C=O) groups is 1. The summed E-state index contributed by atoms with van der Waals surface area (Å²) in [5, 5.41) is 8.57. The van der Waals surface area contributed by atoms with Crippen LogP contribution in [0.5, 0.6) is 0 Å². The predicted molar refractivity (Wildman–Crippen MR) is 132 cm³/mol. The van der Waals surface area contributed by atoms with Gasteiger partial charge >= 0.3 is 0 Å². The summed E-state index contributed by atoms with van der Waals surface area (Å²) >= 11 is 1.71. The van der Waals surface area contributed by atoms with E-state index in [0.29, 0.717) is 11.9 Å². The highest BCUT2D eigenvalue weighted by Crippen LogP contribution is 2.21. The highest BCUT2D eigenvalue weighted by atomic mass is 127. The Morgan fingerprint density at radius 3 is 2.55 bits per heavy atom. The molecular formula is C22H31IN4OS. The van der Waals surface area contributed by atoms with Crippen molar-refractivity contribution in [1.29, 1.82) is 0 Å². The van der Waals surface area contributed by atoms with E-state index in [1.54, 1.807) is 11.3 Å². The van der Waals surface area contributed by atoms with Crippen LogP contribution in [0.2, 0.25) is 0 Å². The number of hydrogen-bond donors (Lipinski definition) is 2. The van der Waals surface area contributed by atoms with Crippen LogP contribution in [0, 0.1) is 5.92 Å². The minimum absolute atomic E-state index is 0. The molecule has 1 fully saturated rings. The number of aliphatic imine (C=N–C) groups is 1. The Morgan fingerprint density at radius 1 is 1.14 bits per heavy atom. The third-order valence-electron chi connectivity index (χ3n) is 5.06. The molecule has 7 heteroatoms. The maximum absolute atomic E-state index is 12.6. The maximum atomic E-state index is 12.6. The fourth-order valence-corrected chi connectivity index (χ4v) is 4.15. The Labute approximate surface area is 195 Å². The SMILES string of the molecule is CCNC(=NCC(=O)N1CCC(Cc2ccccc2)CC1)NCc1cccs1.I. The van der Waals surface area contributed by atoms with Gasteiger partial charge in [-0.1, -0.05) is 36.4 Å². The summed E-state index contributed by atoms with van der Waals surface area (Å²) in [5.41, 5.74) is 1.39. The Hall–Kier alpha value is -1.61. The van der Waals surface area contributed by atoms with Crippen LogP contribution in [0.4, 0.5) is 0 Å². The molecule has 0 unspecified atom stereocenters. The molecule has 1 aromatic heterocycles. The summed E-state index contributed by atoms with van der Waals surface area (Å²) in [5.74, 6) is 1.48. The van der Waals surface area contributed by atoms with Crippen molar-refractivity contribution < 1.29 is 4.79 Å². The van der Waals surface area contributed by atoms with Gasteiger partial charge in [0.15, 0.2) is 5.96 Å². The van der Waals surface area contributed by atoms with Gasteiger partial charge in [0.05, 0.1) is 6.54 Å². The van der Waals surface area contributed by atoms with Gasteiger partial charge in [-0.05, 0) is 49.1 Å². The van der Waals surface area contributed by atoms with Crippen molar-refractivity contribution in [1.82, 2.24) is 15.5 Å². The number of benzene rings is 1. The number of piperidine rings is 1. The topological polar surface area (TPSA) is 56.7 Å². The Morgan fingerprint density at radius 2 is 1.90 bits per heavy atom. The molecule has 0 radical (unpaired) electrons. The first-order chi connectivity index (χ1) is 13.7. The fraction of sp³-hybridized carbons (Fsp3) is 0.455. The van der Waals surface area contributed by atoms with Crippen LogP contribution in [0.25, 0.3) is 0 Å². The van der Waals surface area contributed by atoms with Crippen molar-refractivity contribution in [2.45, 2.75) is 32.7 Å². The average Bonchev–Trinajstić information content (AvgIpc) is 3.25. The molecule has 0 saturated carbocycles. The molecule has 1 aliphatic heterocycles. The van der Waals surface area contributed by atoms with Gasteiger partial charge in [-0.15, -0.1) is 35.3 Å². The first-order valence-corrected chi connectivity index (χ1v) is 11.0. The summed E-state index contributed by atoms with van der Waals surface area (Å²) in [6.45, 7) is 5.40. The zero-order valence-corrected chi connectivity index (χ0v) is 20.1. The van der Waals surface area contributed by atoms with Crippen molar-refractivity contribution in [3.63, 3.8) is 0 Å². The van der Waals surface area contributed by atoms with Gasteiger partial charge in [-0.3, -0.25) is 4.79 Å². The molecule has 2 N–H and O–H groups in total. The lowest BCUT2D eigenvalue weighted by atomic mass is 9.90. The van der Waals surface area contributed by atoms with E-state index in [9.17, 15) is 4.79 Å². The van der Waals surface area contributed by atoms with E-state index in [2.05, 4.69) is 57.4 Å². The molecule has 2 aromatic rings. The fourth-order valence-electron chi connectivity index (χ4n) is 3.51. The third kappa shape index (κ3) is 7.97. The van der Waals surface area contributed by atoms with Crippen molar-refractivity contribution >= 4 is 47.2 Å². The van der Waals surface area contributed by atoms with E-state index in [0.717, 1.165) is 45.4 Å². The van der Waals surface area contributed by atoms with Crippen molar-refractivity contribution in [2.75, 3.05) is 26.2 Å². The Bertz CT molecular complexity index is 743. The third-order valence-corrected chi connectivity index (χ3v) is 5.94. The van der Waals surface area contributed by atoms with Crippen LogP contribution in [0.3, 0.4) is 0 Å². The number of carbonyl (C=O) groups excluding carboxylic acids is 1. The molecule has 2 heterocycles. The van der Waals surface area contributed by atoms with Gasteiger partial charge in [-0.2, -0.15) is 0 Å². The molecule has 0 aliphatic carbocycles. The van der Waals surface area contributed by atoms with Gasteiger partial charge < -0.3 is 15.5 Å². The van der Waals surface area contributed by atoms with Crippen LogP contribution in [0.1, 0.15) is 30.2 Å². The van der Waals surface area contributed by atoms with Crippen molar-refractivity contribution in [3.05, 3.63) is 58.3 Å². The van der Waals surface area contributed by atoms with Crippen LogP contribution in [-0.4, -0.2) is 42.9 Å². The molecular weight excluding hydrogens is 495 g/mol. The number of halogens is 1. The molecule has 0 bridgehead atoms. The molecule has 1 aromatic carbocycles. The van der Waals surface area contributed by atoms with E-state index < -0.39 is 0 Å². The van der Waals surface area contributed by atoms with Gasteiger partial charge in [0.1, 0.15) is 6.54 Å². The van der Waals surface area contributed by atoms with Crippen LogP contribution in [0.15, 0.2) is 52.8 Å². The first kappa shape index (κ1) is 23.7. The molecule has 3 rings (SSSR count). The number of guanidine groups is 1. The van der Waals surface area contributed by atoms with E-state index in [4.69, 9.17) is 0 Å². The lowest BCUT2D eigenvalue weighted by molar-refractivity contribution is -0.130. The van der Waals surface area contributed by atoms with Crippen LogP contribution in [-0.2, 0) is 17.8 Å². The van der Waals surface area contributed by atoms with E-state index in [-0.39, 0.29) is 36.4 Å². The highest BCUT2D eigenvalue weighted by molar-refractivity contribution is 14.0. The Balaban J connectivity index is 0.00000300. The molecule has 29 heavy (non-hydrogen) atoms. The number of nitrogens with zero attached hydrogens (tertiary/aromatic N) is 2. The first-order valence-electron chi connectivity index (χ1n) is 10.1. The summed E-state index contributed by atoms with van der Waals surface area (Å²) in [6, 6.07) is 14.8. The number of rotatable bonds is 7. The van der Waals surface area contributed by atoms with E-state index in [1.807, 2.05) is 17.9 Å². The quantitative estimate of drug-likeness (QED) is 0.327. The van der Waals surface area contributed by atoms with E-state index in [1.165, 1.54) is 10.4 Å². The minimum Gasteiger partial charge on any atom is -0.357 e. The van der Waals surface area contributed by atoms with Crippen molar-refractivity contribution in [3.8, 4) is 0 Å². The van der Waals surface area contributed by atoms with Gasteiger partial charge in [0.2, 0.25) is 5.91 Å². The molecule has 158 valence electrons. The molecule has 0 atom stereocenters. The second kappa shape index (κ2) is 12.8. The normalized spacial score (nSPS) is 14.9. The van der Waals surface area contributed by atoms with Gasteiger partial charge in [-0.25, -0.2) is 4.99 Å². The summed E-state index contributed by atoms with van der Waals surface area (Å²) in [6.07, 6.45) is 3.25. The number of hydrogen-bond acceptors (Lipinski definition) is 3. The minimum atomic E-state index is 0.